The summed E-state index contributed by atoms with van der Waals surface area (Å²) in [6.07, 6.45) is 3.79. The molecule has 0 bridgehead atoms. The van der Waals surface area contributed by atoms with E-state index in [2.05, 4.69) is 28.2 Å². The molecule has 1 aromatic carbocycles. The zero-order valence-electron chi connectivity index (χ0n) is 15.6. The molecule has 1 fully saturated rings. The number of amides is 1. The lowest BCUT2D eigenvalue weighted by Gasteiger charge is -2.35. The van der Waals surface area contributed by atoms with Crippen molar-refractivity contribution in [1.82, 2.24) is 10.3 Å². The molecule has 0 saturated carbocycles. The van der Waals surface area contributed by atoms with Gasteiger partial charge < -0.3 is 15.0 Å². The molecule has 3 aromatic rings. The van der Waals surface area contributed by atoms with Crippen LogP contribution in [0.5, 0.6) is 5.75 Å². The summed E-state index contributed by atoms with van der Waals surface area (Å²) in [6.45, 7) is 3.92. The van der Waals surface area contributed by atoms with Crippen molar-refractivity contribution in [2.45, 2.75) is 25.8 Å². The molecule has 1 aliphatic rings. The topological polar surface area (TPSA) is 54.5 Å². The number of aryl methyl sites for hydroxylation is 1. The predicted molar refractivity (Wildman–Crippen MR) is 110 cm³/mol. The van der Waals surface area contributed by atoms with Crippen molar-refractivity contribution in [2.24, 2.45) is 0 Å². The summed E-state index contributed by atoms with van der Waals surface area (Å²) >= 11 is 1.55. The van der Waals surface area contributed by atoms with Gasteiger partial charge in [0.1, 0.15) is 11.3 Å². The van der Waals surface area contributed by atoms with E-state index < -0.39 is 0 Å². The number of nitrogens with one attached hydrogen (secondary N) is 1. The van der Waals surface area contributed by atoms with Crippen molar-refractivity contribution in [2.75, 3.05) is 25.1 Å². The van der Waals surface area contributed by atoms with E-state index in [1.165, 1.54) is 5.69 Å². The first-order valence-corrected chi connectivity index (χ1v) is 10.1. The molecule has 0 atom stereocenters. The van der Waals surface area contributed by atoms with Gasteiger partial charge in [-0.15, -0.1) is 0 Å². The molecule has 1 aliphatic heterocycles. The molecule has 6 heteroatoms. The first-order valence-electron chi connectivity index (χ1n) is 9.17. The van der Waals surface area contributed by atoms with Crippen molar-refractivity contribution in [3.8, 4) is 5.75 Å². The SMILES string of the molecule is COc1cccc2c(N3CCC(NC(=O)c4ccsc4)CC3)c(C)cnc12. The lowest BCUT2D eigenvalue weighted by molar-refractivity contribution is 0.0931. The standard InChI is InChI=1S/C21H23N3O2S/c1-14-12-22-19-17(4-3-5-18(19)26-2)20(14)24-9-6-16(7-10-24)23-21(25)15-8-11-27-13-15/h3-5,8,11-13,16H,6-7,9-10H2,1-2H3,(H,23,25). The van der Waals surface area contributed by atoms with Crippen LogP contribution in [0.15, 0.2) is 41.2 Å². The second kappa shape index (κ2) is 7.56. The smallest absolute Gasteiger partial charge is 0.252 e. The summed E-state index contributed by atoms with van der Waals surface area (Å²) in [5, 5.41) is 8.12. The van der Waals surface area contributed by atoms with E-state index in [9.17, 15) is 4.79 Å². The molecule has 27 heavy (non-hydrogen) atoms. The number of benzene rings is 1. The molecule has 0 radical (unpaired) electrons. The minimum absolute atomic E-state index is 0.0324. The maximum absolute atomic E-state index is 12.3. The Morgan fingerprint density at radius 2 is 2.11 bits per heavy atom. The highest BCUT2D eigenvalue weighted by molar-refractivity contribution is 7.08. The van der Waals surface area contributed by atoms with Crippen LogP contribution in [0.4, 0.5) is 5.69 Å². The van der Waals surface area contributed by atoms with Gasteiger partial charge in [-0.3, -0.25) is 9.78 Å². The maximum Gasteiger partial charge on any atom is 0.252 e. The summed E-state index contributed by atoms with van der Waals surface area (Å²) in [6, 6.07) is 8.16. The Balaban J connectivity index is 1.51. The highest BCUT2D eigenvalue weighted by Gasteiger charge is 2.24. The number of nitrogens with zero attached hydrogens (tertiary/aromatic N) is 2. The van der Waals surface area contributed by atoms with E-state index in [-0.39, 0.29) is 11.9 Å². The normalized spacial score (nSPS) is 15.1. The van der Waals surface area contributed by atoms with Crippen LogP contribution >= 0.6 is 11.3 Å². The molecule has 1 saturated heterocycles. The minimum Gasteiger partial charge on any atom is -0.494 e. The number of methoxy groups -OCH3 is 1. The summed E-state index contributed by atoms with van der Waals surface area (Å²) in [5.74, 6) is 0.830. The van der Waals surface area contributed by atoms with Crippen molar-refractivity contribution in [3.05, 3.63) is 52.3 Å². The van der Waals surface area contributed by atoms with E-state index in [1.807, 2.05) is 35.2 Å². The summed E-state index contributed by atoms with van der Waals surface area (Å²) in [4.78, 5) is 19.3. The molecule has 0 spiro atoms. The average Bonchev–Trinajstić information content (AvgIpc) is 3.23. The van der Waals surface area contributed by atoms with E-state index in [4.69, 9.17) is 4.74 Å². The minimum atomic E-state index is 0.0324. The molecule has 0 aliphatic carbocycles. The number of carbonyl (C=O) groups excluding carboxylic acids is 1. The molecule has 3 heterocycles. The molecule has 0 unspecified atom stereocenters. The molecule has 1 N–H and O–H groups in total. The van der Waals surface area contributed by atoms with Crippen LogP contribution in [0.3, 0.4) is 0 Å². The summed E-state index contributed by atoms with van der Waals surface area (Å²) in [7, 11) is 1.68. The van der Waals surface area contributed by atoms with Gasteiger partial charge in [0, 0.05) is 41.7 Å². The van der Waals surface area contributed by atoms with E-state index in [0.717, 1.165) is 53.7 Å². The van der Waals surface area contributed by atoms with Gasteiger partial charge in [0.2, 0.25) is 0 Å². The first-order chi connectivity index (χ1) is 13.2. The molecular weight excluding hydrogens is 358 g/mol. The zero-order chi connectivity index (χ0) is 18.8. The zero-order valence-corrected chi connectivity index (χ0v) is 16.4. The Kier molecular flexibility index (Phi) is 4.99. The Bertz CT molecular complexity index is 947. The van der Waals surface area contributed by atoms with Crippen LogP contribution in [0, 0.1) is 6.92 Å². The van der Waals surface area contributed by atoms with Crippen molar-refractivity contribution in [1.29, 1.82) is 0 Å². The van der Waals surface area contributed by atoms with E-state index >= 15 is 0 Å². The second-order valence-corrected chi connectivity index (χ2v) is 7.67. The number of anilines is 1. The van der Waals surface area contributed by atoms with Gasteiger partial charge in [-0.25, -0.2) is 0 Å². The third-order valence-electron chi connectivity index (χ3n) is 5.16. The summed E-state index contributed by atoms with van der Waals surface area (Å²) < 4.78 is 5.48. The number of pyridine rings is 1. The van der Waals surface area contributed by atoms with Crippen LogP contribution in [-0.2, 0) is 0 Å². The van der Waals surface area contributed by atoms with E-state index in [1.54, 1.807) is 18.4 Å². The van der Waals surface area contributed by atoms with Crippen LogP contribution in [0.1, 0.15) is 28.8 Å². The van der Waals surface area contributed by atoms with Crippen LogP contribution in [-0.4, -0.2) is 37.1 Å². The van der Waals surface area contributed by atoms with Gasteiger partial charge in [-0.05, 0) is 42.8 Å². The molecule has 1 amide bonds. The number of piperidine rings is 1. The van der Waals surface area contributed by atoms with Crippen molar-refractivity contribution >= 4 is 33.8 Å². The summed E-state index contributed by atoms with van der Waals surface area (Å²) in [5.41, 5.74) is 4.04. The first kappa shape index (κ1) is 17.8. The van der Waals surface area contributed by atoms with Gasteiger partial charge in [0.15, 0.2) is 0 Å². The lowest BCUT2D eigenvalue weighted by Crippen LogP contribution is -2.44. The van der Waals surface area contributed by atoms with Crippen LogP contribution in [0.2, 0.25) is 0 Å². The number of fused-ring (bicyclic) bond motifs is 1. The second-order valence-electron chi connectivity index (χ2n) is 6.89. The Morgan fingerprint density at radius 1 is 1.30 bits per heavy atom. The fraction of sp³-hybridized carbons (Fsp3) is 0.333. The largest absolute Gasteiger partial charge is 0.494 e. The Hall–Kier alpha value is -2.60. The van der Waals surface area contributed by atoms with Crippen LogP contribution in [0.25, 0.3) is 10.9 Å². The van der Waals surface area contributed by atoms with Crippen molar-refractivity contribution < 1.29 is 9.53 Å². The van der Waals surface area contributed by atoms with Crippen molar-refractivity contribution in [3.63, 3.8) is 0 Å². The maximum atomic E-state index is 12.3. The monoisotopic (exact) mass is 381 g/mol. The number of carbonyl (C=O) groups is 1. The highest BCUT2D eigenvalue weighted by Crippen LogP contribution is 2.34. The van der Waals surface area contributed by atoms with Crippen LogP contribution < -0.4 is 15.0 Å². The quantitative estimate of drug-likeness (QED) is 0.742. The Morgan fingerprint density at radius 3 is 2.81 bits per heavy atom. The predicted octanol–water partition coefficient (Wildman–Crippen LogP) is 4.01. The highest BCUT2D eigenvalue weighted by atomic mass is 32.1. The number of ether oxygens (including phenoxy) is 1. The fourth-order valence-corrected chi connectivity index (χ4v) is 4.41. The third-order valence-corrected chi connectivity index (χ3v) is 5.85. The fourth-order valence-electron chi connectivity index (χ4n) is 3.78. The average molecular weight is 382 g/mol. The number of para-hydroxylation sites is 1. The molecule has 5 nitrogen and oxygen atoms in total. The molecule has 2 aromatic heterocycles. The number of hydrogen-bond acceptors (Lipinski definition) is 5. The van der Waals surface area contributed by atoms with E-state index in [0.29, 0.717) is 0 Å². The van der Waals surface area contributed by atoms with Gasteiger partial charge in [0.25, 0.3) is 5.91 Å². The van der Waals surface area contributed by atoms with Gasteiger partial charge in [0.05, 0.1) is 12.8 Å². The molecular formula is C21H23N3O2S. The lowest BCUT2D eigenvalue weighted by atomic mass is 10.0. The number of rotatable bonds is 4. The molecule has 4 rings (SSSR count). The third kappa shape index (κ3) is 3.49. The molecule has 140 valence electrons. The number of thiophene rings is 1. The van der Waals surface area contributed by atoms with Gasteiger partial charge in [-0.2, -0.15) is 11.3 Å². The van der Waals surface area contributed by atoms with Gasteiger partial charge >= 0.3 is 0 Å². The Labute approximate surface area is 163 Å². The number of aromatic nitrogens is 1. The van der Waals surface area contributed by atoms with Gasteiger partial charge in [-0.1, -0.05) is 12.1 Å². The number of hydrogen-bond donors (Lipinski definition) is 1.